The summed E-state index contributed by atoms with van der Waals surface area (Å²) in [5.74, 6) is 2.37. The van der Waals surface area contributed by atoms with Gasteiger partial charge in [0.05, 0.1) is 0 Å². The number of rotatable bonds is 10. The van der Waals surface area contributed by atoms with E-state index >= 15 is 0 Å². The molecular formula is C25H43N3O. The fraction of sp³-hybridized carbons (Fsp3) is 0.880. The van der Waals surface area contributed by atoms with Crippen molar-refractivity contribution in [1.29, 1.82) is 0 Å². The van der Waals surface area contributed by atoms with Crippen LogP contribution in [0.1, 0.15) is 110 Å². The highest BCUT2D eigenvalue weighted by atomic mass is 16.1. The maximum absolute atomic E-state index is 12.8. The molecule has 2 fully saturated rings. The number of hydrogen-bond acceptors (Lipinski definition) is 4. The van der Waals surface area contributed by atoms with Gasteiger partial charge in [0.2, 0.25) is 0 Å². The number of Topliss-reactive ketones (excluding diaryl/α,β-unsaturated/α-hetero) is 1. The Morgan fingerprint density at radius 2 is 1.76 bits per heavy atom. The molecule has 2 aliphatic carbocycles. The summed E-state index contributed by atoms with van der Waals surface area (Å²) in [5.41, 5.74) is 8.30. The van der Waals surface area contributed by atoms with Crippen LogP contribution in [0.5, 0.6) is 0 Å². The minimum atomic E-state index is 0.348. The fourth-order valence-corrected chi connectivity index (χ4v) is 5.99. The summed E-state index contributed by atoms with van der Waals surface area (Å²) in [6.45, 7) is 3.05. The normalized spacial score (nSPS) is 29.9. The number of unbranched alkanes of at least 4 members (excludes halogenated alkanes) is 5. The first-order chi connectivity index (χ1) is 14.2. The second-order valence-corrected chi connectivity index (χ2v) is 9.74. The van der Waals surface area contributed by atoms with Gasteiger partial charge in [0.1, 0.15) is 5.78 Å². The molecule has 4 atom stereocenters. The van der Waals surface area contributed by atoms with Gasteiger partial charge < -0.3 is 5.73 Å². The Kier molecular flexibility index (Phi) is 9.36. The first kappa shape index (κ1) is 22.7. The summed E-state index contributed by atoms with van der Waals surface area (Å²) < 4.78 is 0. The van der Waals surface area contributed by atoms with Gasteiger partial charge in [-0.15, -0.1) is 0 Å². The monoisotopic (exact) mass is 401 g/mol. The van der Waals surface area contributed by atoms with Crippen molar-refractivity contribution in [3.05, 3.63) is 0 Å². The van der Waals surface area contributed by atoms with Crippen LogP contribution in [0.3, 0.4) is 0 Å². The standard InChI is InChI=1S/C25H43N3O/c1-2-3-7-13-20-18-21(29)17-19-12-8-6-9-14-22-23(15-10-4-5-11-16-26)27-28-25(20)24(19)22/h19-20,22,24H,2-18,26H2,1H3. The lowest BCUT2D eigenvalue weighted by Crippen LogP contribution is -2.40. The molecule has 4 unspecified atom stereocenters. The van der Waals surface area contributed by atoms with Crippen molar-refractivity contribution in [2.45, 2.75) is 110 Å². The molecule has 2 N–H and O–H groups in total. The lowest BCUT2D eigenvalue weighted by molar-refractivity contribution is -0.120. The van der Waals surface area contributed by atoms with E-state index in [0.29, 0.717) is 35.9 Å². The van der Waals surface area contributed by atoms with Crippen LogP contribution in [-0.4, -0.2) is 23.8 Å². The van der Waals surface area contributed by atoms with Gasteiger partial charge >= 0.3 is 0 Å². The molecule has 0 spiro atoms. The van der Waals surface area contributed by atoms with E-state index in [4.69, 9.17) is 15.9 Å². The number of nitrogens with zero attached hydrogens (tertiary/aromatic N) is 2. The molecule has 0 radical (unpaired) electrons. The van der Waals surface area contributed by atoms with E-state index in [1.807, 2.05) is 0 Å². The zero-order chi connectivity index (χ0) is 20.5. The van der Waals surface area contributed by atoms with Gasteiger partial charge in [0, 0.05) is 42.0 Å². The fourth-order valence-electron chi connectivity index (χ4n) is 5.99. The van der Waals surface area contributed by atoms with Crippen molar-refractivity contribution >= 4 is 17.2 Å². The molecule has 1 heterocycles. The Balaban J connectivity index is 1.78. The van der Waals surface area contributed by atoms with Crippen molar-refractivity contribution in [3.63, 3.8) is 0 Å². The van der Waals surface area contributed by atoms with E-state index in [-0.39, 0.29) is 0 Å². The number of ketones is 1. The average molecular weight is 402 g/mol. The minimum Gasteiger partial charge on any atom is -0.330 e. The van der Waals surface area contributed by atoms with Gasteiger partial charge in [-0.2, -0.15) is 10.2 Å². The summed E-state index contributed by atoms with van der Waals surface area (Å²) in [6, 6.07) is 0. The van der Waals surface area contributed by atoms with Gasteiger partial charge in [0.15, 0.2) is 0 Å². The molecule has 1 aliphatic heterocycles. The molecule has 0 saturated heterocycles. The van der Waals surface area contributed by atoms with Crippen molar-refractivity contribution in [2.75, 3.05) is 6.54 Å². The van der Waals surface area contributed by atoms with Crippen molar-refractivity contribution in [2.24, 2.45) is 39.6 Å². The summed E-state index contributed by atoms with van der Waals surface area (Å²) >= 11 is 0. The smallest absolute Gasteiger partial charge is 0.133 e. The number of carbonyl (C=O) groups is 1. The topological polar surface area (TPSA) is 67.8 Å². The minimum absolute atomic E-state index is 0.348. The summed E-state index contributed by atoms with van der Waals surface area (Å²) in [5, 5.41) is 9.73. The highest BCUT2D eigenvalue weighted by Crippen LogP contribution is 2.44. The van der Waals surface area contributed by atoms with E-state index in [1.165, 1.54) is 82.1 Å². The molecule has 29 heavy (non-hydrogen) atoms. The van der Waals surface area contributed by atoms with E-state index in [0.717, 1.165) is 32.2 Å². The molecule has 164 valence electrons. The molecule has 0 aromatic carbocycles. The van der Waals surface area contributed by atoms with Gasteiger partial charge in [0.25, 0.3) is 0 Å². The van der Waals surface area contributed by atoms with Crippen LogP contribution in [0.4, 0.5) is 0 Å². The first-order valence-electron chi connectivity index (χ1n) is 12.6. The third-order valence-corrected chi connectivity index (χ3v) is 7.52. The van der Waals surface area contributed by atoms with Crippen LogP contribution in [0.2, 0.25) is 0 Å². The SMILES string of the molecule is CCCCCC1CC(=O)CC2CCCCCC3C(CCCCCCN)=NN=C1C23. The van der Waals surface area contributed by atoms with Crippen LogP contribution >= 0.6 is 0 Å². The molecule has 2 saturated carbocycles. The van der Waals surface area contributed by atoms with Crippen LogP contribution in [0.25, 0.3) is 0 Å². The van der Waals surface area contributed by atoms with Gasteiger partial charge in [-0.1, -0.05) is 58.3 Å². The molecule has 0 bridgehead atoms. The lowest BCUT2D eigenvalue weighted by atomic mass is 9.67. The summed E-state index contributed by atoms with van der Waals surface area (Å²) in [4.78, 5) is 12.8. The highest BCUT2D eigenvalue weighted by Gasteiger charge is 2.44. The Hall–Kier alpha value is -1.03. The maximum atomic E-state index is 12.8. The predicted molar refractivity (Wildman–Crippen MR) is 122 cm³/mol. The third-order valence-electron chi connectivity index (χ3n) is 7.52. The zero-order valence-corrected chi connectivity index (χ0v) is 18.7. The van der Waals surface area contributed by atoms with E-state index in [2.05, 4.69) is 6.92 Å². The lowest BCUT2D eigenvalue weighted by Gasteiger charge is -2.39. The Bertz CT molecular complexity index is 583. The molecule has 0 amide bonds. The highest BCUT2D eigenvalue weighted by molar-refractivity contribution is 6.02. The number of nitrogens with two attached hydrogens (primary N) is 1. The van der Waals surface area contributed by atoms with E-state index in [1.54, 1.807) is 0 Å². The van der Waals surface area contributed by atoms with Crippen molar-refractivity contribution < 1.29 is 4.79 Å². The maximum Gasteiger partial charge on any atom is 0.133 e. The summed E-state index contributed by atoms with van der Waals surface area (Å²) in [7, 11) is 0. The zero-order valence-electron chi connectivity index (χ0n) is 18.7. The molecule has 4 heteroatoms. The Morgan fingerprint density at radius 3 is 2.59 bits per heavy atom. The quantitative estimate of drug-likeness (QED) is 0.451. The molecule has 0 aromatic rings. The van der Waals surface area contributed by atoms with Crippen LogP contribution in [0, 0.1) is 23.7 Å². The van der Waals surface area contributed by atoms with Crippen molar-refractivity contribution in [1.82, 2.24) is 0 Å². The predicted octanol–water partition coefficient (Wildman–Crippen LogP) is 6.08. The second-order valence-electron chi connectivity index (χ2n) is 9.74. The molecule has 3 rings (SSSR count). The number of carbonyl (C=O) groups excluding carboxylic acids is 1. The van der Waals surface area contributed by atoms with Gasteiger partial charge in [-0.3, -0.25) is 4.79 Å². The van der Waals surface area contributed by atoms with Crippen molar-refractivity contribution in [3.8, 4) is 0 Å². The van der Waals surface area contributed by atoms with Gasteiger partial charge in [-0.05, 0) is 51.0 Å². The molecule has 0 aromatic heterocycles. The van der Waals surface area contributed by atoms with Gasteiger partial charge in [-0.25, -0.2) is 0 Å². The van der Waals surface area contributed by atoms with Crippen LogP contribution < -0.4 is 5.73 Å². The largest absolute Gasteiger partial charge is 0.330 e. The molecule has 3 aliphatic rings. The number of hydrogen-bond donors (Lipinski definition) is 1. The third kappa shape index (κ3) is 6.23. The van der Waals surface area contributed by atoms with E-state index < -0.39 is 0 Å². The summed E-state index contributed by atoms with van der Waals surface area (Å²) in [6.07, 6.45) is 18.6. The second kappa shape index (κ2) is 12.0. The average Bonchev–Trinajstić information content (AvgIpc) is 2.83. The van der Waals surface area contributed by atoms with Crippen LogP contribution in [0.15, 0.2) is 10.2 Å². The first-order valence-corrected chi connectivity index (χ1v) is 12.6. The molecule has 4 nitrogen and oxygen atoms in total. The Morgan fingerprint density at radius 1 is 0.931 bits per heavy atom. The Labute approximate surface area is 178 Å². The van der Waals surface area contributed by atoms with E-state index in [9.17, 15) is 4.79 Å². The van der Waals surface area contributed by atoms with Crippen LogP contribution in [-0.2, 0) is 4.79 Å². The molecular weight excluding hydrogens is 358 g/mol.